The monoisotopic (exact) mass is 294 g/mol. The molecule has 0 aromatic heterocycles. The lowest BCUT2D eigenvalue weighted by Crippen LogP contribution is -2.26. The molecule has 0 saturated heterocycles. The van der Waals surface area contributed by atoms with Crippen LogP contribution in [0.3, 0.4) is 0 Å². The van der Waals surface area contributed by atoms with Gasteiger partial charge in [-0.1, -0.05) is 35.3 Å². The van der Waals surface area contributed by atoms with Gasteiger partial charge in [0.15, 0.2) is 0 Å². The number of benzene rings is 2. The van der Waals surface area contributed by atoms with Crippen LogP contribution in [0, 0.1) is 0 Å². The molecule has 0 aliphatic heterocycles. The Bertz CT molecular complexity index is 629. The normalized spacial score (nSPS) is 10.3. The molecule has 0 unspecified atom stereocenters. The first-order valence-corrected chi connectivity index (χ1v) is 6.34. The maximum absolute atomic E-state index is 12.4. The molecule has 0 atom stereocenters. The number of hydrogen-bond donors (Lipinski definition) is 1. The minimum atomic E-state index is -0.238. The van der Waals surface area contributed by atoms with Gasteiger partial charge in [-0.2, -0.15) is 0 Å². The van der Waals surface area contributed by atoms with Gasteiger partial charge in [-0.05, 0) is 30.3 Å². The summed E-state index contributed by atoms with van der Waals surface area (Å²) in [5.74, 6) is -0.238. The lowest BCUT2D eigenvalue weighted by atomic mass is 10.2. The minimum absolute atomic E-state index is 0.238. The Morgan fingerprint density at radius 1 is 1.16 bits per heavy atom. The van der Waals surface area contributed by atoms with Gasteiger partial charge in [0.25, 0.3) is 5.91 Å². The number of anilines is 2. The number of carbonyl (C=O) groups is 1. The topological polar surface area (TPSA) is 46.3 Å². The second-order valence-electron chi connectivity index (χ2n) is 4.06. The van der Waals surface area contributed by atoms with Crippen molar-refractivity contribution < 1.29 is 4.79 Å². The van der Waals surface area contributed by atoms with Crippen molar-refractivity contribution in [3.05, 3.63) is 58.1 Å². The number of rotatable bonds is 2. The van der Waals surface area contributed by atoms with Crippen molar-refractivity contribution >= 4 is 40.5 Å². The molecule has 5 heteroatoms. The summed E-state index contributed by atoms with van der Waals surface area (Å²) in [5.41, 5.74) is 7.35. The SMILES string of the molecule is CN(C(=O)c1cccc(Cl)c1Cl)c1cccc(N)c1. The standard InChI is InChI=1S/C14H12Cl2N2O/c1-18(10-5-2-4-9(17)8-10)14(19)11-6-3-7-12(15)13(11)16/h2-8H,17H2,1H3. The second kappa shape index (κ2) is 5.51. The molecule has 2 rings (SSSR count). The number of amides is 1. The lowest BCUT2D eigenvalue weighted by molar-refractivity contribution is 0.0993. The summed E-state index contributed by atoms with van der Waals surface area (Å²) in [6.07, 6.45) is 0. The zero-order chi connectivity index (χ0) is 14.0. The van der Waals surface area contributed by atoms with E-state index in [1.165, 1.54) is 4.90 Å². The van der Waals surface area contributed by atoms with Gasteiger partial charge in [-0.15, -0.1) is 0 Å². The molecule has 0 spiro atoms. The second-order valence-corrected chi connectivity index (χ2v) is 4.85. The van der Waals surface area contributed by atoms with Crippen molar-refractivity contribution in [3.63, 3.8) is 0 Å². The van der Waals surface area contributed by atoms with Crippen LogP contribution in [0.2, 0.25) is 10.0 Å². The Kier molecular flexibility index (Phi) is 3.98. The molecule has 98 valence electrons. The van der Waals surface area contributed by atoms with Crippen LogP contribution in [-0.2, 0) is 0 Å². The van der Waals surface area contributed by atoms with Gasteiger partial charge in [0.2, 0.25) is 0 Å². The molecule has 2 aromatic carbocycles. The molecule has 0 aliphatic carbocycles. The number of carbonyl (C=O) groups excluding carboxylic acids is 1. The average molecular weight is 295 g/mol. The van der Waals surface area contributed by atoms with Crippen LogP contribution >= 0.6 is 23.2 Å². The summed E-state index contributed by atoms with van der Waals surface area (Å²) in [6, 6.07) is 12.0. The summed E-state index contributed by atoms with van der Waals surface area (Å²) in [4.78, 5) is 13.9. The van der Waals surface area contributed by atoms with E-state index in [1.54, 1.807) is 49.5 Å². The lowest BCUT2D eigenvalue weighted by Gasteiger charge is -2.18. The van der Waals surface area contributed by atoms with Crippen LogP contribution < -0.4 is 10.6 Å². The third kappa shape index (κ3) is 2.83. The molecule has 19 heavy (non-hydrogen) atoms. The number of halogens is 2. The molecule has 0 heterocycles. The highest BCUT2D eigenvalue weighted by Gasteiger charge is 2.17. The van der Waals surface area contributed by atoms with Crippen LogP contribution in [-0.4, -0.2) is 13.0 Å². The minimum Gasteiger partial charge on any atom is -0.399 e. The van der Waals surface area contributed by atoms with E-state index < -0.39 is 0 Å². The Morgan fingerprint density at radius 2 is 1.84 bits per heavy atom. The predicted octanol–water partition coefficient (Wildman–Crippen LogP) is 3.85. The number of nitrogens with zero attached hydrogens (tertiary/aromatic N) is 1. The van der Waals surface area contributed by atoms with Gasteiger partial charge in [0.05, 0.1) is 15.6 Å². The zero-order valence-corrected chi connectivity index (χ0v) is 11.7. The Labute approximate surface area is 121 Å². The van der Waals surface area contributed by atoms with Crippen LogP contribution in [0.15, 0.2) is 42.5 Å². The van der Waals surface area contributed by atoms with Crippen molar-refractivity contribution in [1.82, 2.24) is 0 Å². The molecule has 2 aromatic rings. The van der Waals surface area contributed by atoms with Gasteiger partial charge in [0, 0.05) is 18.4 Å². The Morgan fingerprint density at radius 3 is 2.53 bits per heavy atom. The van der Waals surface area contributed by atoms with E-state index in [4.69, 9.17) is 28.9 Å². The highest BCUT2D eigenvalue weighted by Crippen LogP contribution is 2.27. The maximum atomic E-state index is 12.4. The number of nitrogens with two attached hydrogens (primary N) is 1. The number of nitrogen functional groups attached to an aromatic ring is 1. The summed E-state index contributed by atoms with van der Waals surface area (Å²) >= 11 is 12.0. The van der Waals surface area contributed by atoms with E-state index in [2.05, 4.69) is 0 Å². The van der Waals surface area contributed by atoms with Crippen molar-refractivity contribution in [2.45, 2.75) is 0 Å². The quantitative estimate of drug-likeness (QED) is 0.855. The molecule has 0 fully saturated rings. The molecular formula is C14H12Cl2N2O. The highest BCUT2D eigenvalue weighted by molar-refractivity contribution is 6.44. The largest absolute Gasteiger partial charge is 0.399 e. The number of hydrogen-bond acceptors (Lipinski definition) is 2. The van der Waals surface area contributed by atoms with Crippen molar-refractivity contribution in [1.29, 1.82) is 0 Å². The van der Waals surface area contributed by atoms with Crippen molar-refractivity contribution in [2.75, 3.05) is 17.7 Å². The third-order valence-corrected chi connectivity index (χ3v) is 3.56. The molecule has 2 N–H and O–H groups in total. The van der Waals surface area contributed by atoms with E-state index >= 15 is 0 Å². The smallest absolute Gasteiger partial charge is 0.259 e. The highest BCUT2D eigenvalue weighted by atomic mass is 35.5. The summed E-state index contributed by atoms with van der Waals surface area (Å²) in [6.45, 7) is 0. The van der Waals surface area contributed by atoms with E-state index in [9.17, 15) is 4.79 Å². The third-order valence-electron chi connectivity index (χ3n) is 2.74. The van der Waals surface area contributed by atoms with Crippen LogP contribution in [0.1, 0.15) is 10.4 Å². The molecule has 1 amide bonds. The van der Waals surface area contributed by atoms with Gasteiger partial charge in [-0.3, -0.25) is 4.79 Å². The summed E-state index contributed by atoms with van der Waals surface area (Å²) < 4.78 is 0. The Balaban J connectivity index is 2.36. The van der Waals surface area contributed by atoms with Gasteiger partial charge in [0.1, 0.15) is 0 Å². The molecular weight excluding hydrogens is 283 g/mol. The first-order chi connectivity index (χ1) is 9.00. The molecule has 3 nitrogen and oxygen atoms in total. The average Bonchev–Trinajstić information content (AvgIpc) is 2.40. The molecule has 0 saturated carbocycles. The van der Waals surface area contributed by atoms with Gasteiger partial charge >= 0.3 is 0 Å². The summed E-state index contributed by atoms with van der Waals surface area (Å²) in [7, 11) is 1.66. The van der Waals surface area contributed by atoms with Crippen molar-refractivity contribution in [2.24, 2.45) is 0 Å². The fourth-order valence-electron chi connectivity index (χ4n) is 1.70. The van der Waals surface area contributed by atoms with Crippen LogP contribution in [0.25, 0.3) is 0 Å². The molecule has 0 aliphatic rings. The van der Waals surface area contributed by atoms with Gasteiger partial charge in [-0.25, -0.2) is 0 Å². The van der Waals surface area contributed by atoms with E-state index in [1.807, 2.05) is 0 Å². The summed E-state index contributed by atoms with van der Waals surface area (Å²) in [5, 5.41) is 0.610. The zero-order valence-electron chi connectivity index (χ0n) is 10.2. The first-order valence-electron chi connectivity index (χ1n) is 5.58. The first kappa shape index (κ1) is 13.7. The van der Waals surface area contributed by atoms with Crippen molar-refractivity contribution in [3.8, 4) is 0 Å². The van der Waals surface area contributed by atoms with E-state index in [-0.39, 0.29) is 10.9 Å². The van der Waals surface area contributed by atoms with Crippen LogP contribution in [0.5, 0.6) is 0 Å². The maximum Gasteiger partial charge on any atom is 0.259 e. The molecule has 0 bridgehead atoms. The molecule has 0 radical (unpaired) electrons. The predicted molar refractivity (Wildman–Crippen MR) is 80.0 cm³/mol. The van der Waals surface area contributed by atoms with Gasteiger partial charge < -0.3 is 10.6 Å². The van der Waals surface area contributed by atoms with Crippen LogP contribution in [0.4, 0.5) is 11.4 Å². The van der Waals surface area contributed by atoms with E-state index in [0.29, 0.717) is 22.0 Å². The fourth-order valence-corrected chi connectivity index (χ4v) is 2.08. The van der Waals surface area contributed by atoms with E-state index in [0.717, 1.165) is 0 Å². The fraction of sp³-hybridized carbons (Fsp3) is 0.0714. The Hall–Kier alpha value is -1.71.